The standard InChI is InChI=1S/C39H51FN2O5/c1-24(2)45-37(44)36(47-38(4,5)6)33-25(3)41-31(23-43)34(35(33)42-19-17-39(7,8)18-20-42)28-12-16-32-27(22-28)11-15-30(46-32)21-26-9-13-29(40)14-10-26/h9-10,12-14,16,22,24,30,36,43H,11,15,17-21,23H2,1-8H3. The molecule has 1 fully saturated rings. The summed E-state index contributed by atoms with van der Waals surface area (Å²) in [6.45, 7) is 17.3. The number of benzene rings is 2. The number of halogens is 1. The van der Waals surface area contributed by atoms with Crippen LogP contribution in [0.15, 0.2) is 42.5 Å². The van der Waals surface area contributed by atoms with Crippen molar-refractivity contribution >= 4 is 11.7 Å². The summed E-state index contributed by atoms with van der Waals surface area (Å²) in [5, 5.41) is 10.7. The first kappa shape index (κ1) is 34.8. The van der Waals surface area contributed by atoms with Crippen molar-refractivity contribution in [3.05, 3.63) is 76.4 Å². The molecule has 0 amide bonds. The third kappa shape index (κ3) is 8.33. The number of aliphatic hydroxyl groups is 1. The Labute approximate surface area is 279 Å². The highest BCUT2D eigenvalue weighted by molar-refractivity contribution is 5.89. The molecule has 1 N–H and O–H groups in total. The van der Waals surface area contributed by atoms with Crippen LogP contribution in [0.25, 0.3) is 11.1 Å². The van der Waals surface area contributed by atoms with Crippen LogP contribution in [0, 0.1) is 18.2 Å². The number of nitrogens with zero attached hydrogens (tertiary/aromatic N) is 2. The first-order chi connectivity index (χ1) is 22.1. The Morgan fingerprint density at radius 2 is 1.81 bits per heavy atom. The molecule has 2 unspecified atom stereocenters. The van der Waals surface area contributed by atoms with E-state index in [4.69, 9.17) is 19.2 Å². The number of aromatic nitrogens is 1. The number of hydrogen-bond donors (Lipinski definition) is 1. The molecule has 0 aliphatic carbocycles. The van der Waals surface area contributed by atoms with Gasteiger partial charge in [0.1, 0.15) is 17.7 Å². The van der Waals surface area contributed by atoms with Gasteiger partial charge in [-0.3, -0.25) is 4.98 Å². The van der Waals surface area contributed by atoms with Crippen molar-refractivity contribution < 1.29 is 28.5 Å². The van der Waals surface area contributed by atoms with Gasteiger partial charge >= 0.3 is 5.97 Å². The number of carbonyl (C=O) groups excluding carboxylic acids is 1. The van der Waals surface area contributed by atoms with Crippen LogP contribution >= 0.6 is 0 Å². The summed E-state index contributed by atoms with van der Waals surface area (Å²) < 4.78 is 32.2. The number of pyridine rings is 1. The third-order valence-corrected chi connectivity index (χ3v) is 9.11. The number of hydrogen-bond acceptors (Lipinski definition) is 7. The molecule has 2 atom stereocenters. The lowest BCUT2D eigenvalue weighted by Crippen LogP contribution is -2.39. The molecule has 3 heterocycles. The molecule has 7 nitrogen and oxygen atoms in total. The maximum absolute atomic E-state index is 13.8. The number of rotatable bonds is 9. The van der Waals surface area contributed by atoms with Crippen molar-refractivity contribution in [2.45, 2.75) is 118 Å². The molecular formula is C39H51FN2O5. The molecular weight excluding hydrogens is 595 g/mol. The number of aryl methyl sites for hydroxylation is 2. The van der Waals surface area contributed by atoms with Crippen LogP contribution in [0.5, 0.6) is 5.75 Å². The van der Waals surface area contributed by atoms with Crippen LogP contribution in [-0.2, 0) is 33.7 Å². The van der Waals surface area contributed by atoms with Gasteiger partial charge in [0.25, 0.3) is 0 Å². The lowest BCUT2D eigenvalue weighted by Gasteiger charge is -2.41. The zero-order chi connectivity index (χ0) is 34.1. The van der Waals surface area contributed by atoms with Crippen LogP contribution in [0.1, 0.15) is 102 Å². The predicted octanol–water partition coefficient (Wildman–Crippen LogP) is 8.06. The van der Waals surface area contributed by atoms with E-state index in [0.29, 0.717) is 23.4 Å². The summed E-state index contributed by atoms with van der Waals surface area (Å²) in [7, 11) is 0. The zero-order valence-corrected chi connectivity index (χ0v) is 29.3. The summed E-state index contributed by atoms with van der Waals surface area (Å²) in [6, 6.07) is 12.8. The summed E-state index contributed by atoms with van der Waals surface area (Å²) in [4.78, 5) is 21.1. The van der Waals surface area contributed by atoms with Gasteiger partial charge in [0, 0.05) is 36.3 Å². The monoisotopic (exact) mass is 646 g/mol. The highest BCUT2D eigenvalue weighted by Crippen LogP contribution is 2.46. The van der Waals surface area contributed by atoms with E-state index in [-0.39, 0.29) is 30.0 Å². The normalized spacial score (nSPS) is 18.4. The second-order valence-electron chi connectivity index (χ2n) is 15.1. The molecule has 5 rings (SSSR count). The number of fused-ring (bicyclic) bond motifs is 1. The average Bonchev–Trinajstić information content (AvgIpc) is 2.99. The predicted molar refractivity (Wildman–Crippen MR) is 183 cm³/mol. The van der Waals surface area contributed by atoms with Crippen molar-refractivity contribution in [3.8, 4) is 16.9 Å². The number of piperidine rings is 1. The van der Waals surface area contributed by atoms with Gasteiger partial charge in [-0.05, 0) is 114 Å². The second-order valence-corrected chi connectivity index (χ2v) is 15.1. The van der Waals surface area contributed by atoms with E-state index in [1.54, 1.807) is 0 Å². The fraction of sp³-hybridized carbons (Fsp3) is 0.538. The van der Waals surface area contributed by atoms with Gasteiger partial charge in [-0.2, -0.15) is 0 Å². The fourth-order valence-corrected chi connectivity index (χ4v) is 6.66. The van der Waals surface area contributed by atoms with E-state index in [1.165, 1.54) is 12.1 Å². The molecule has 0 spiro atoms. The van der Waals surface area contributed by atoms with Crippen molar-refractivity contribution in [2.75, 3.05) is 18.0 Å². The first-order valence-electron chi connectivity index (χ1n) is 17.0. The van der Waals surface area contributed by atoms with E-state index >= 15 is 0 Å². The third-order valence-electron chi connectivity index (χ3n) is 9.11. The molecule has 1 aromatic heterocycles. The van der Waals surface area contributed by atoms with Gasteiger partial charge in [-0.15, -0.1) is 0 Å². The molecule has 2 aliphatic rings. The molecule has 47 heavy (non-hydrogen) atoms. The molecule has 0 radical (unpaired) electrons. The fourth-order valence-electron chi connectivity index (χ4n) is 6.66. The summed E-state index contributed by atoms with van der Waals surface area (Å²) >= 11 is 0. The topological polar surface area (TPSA) is 81.1 Å². The highest BCUT2D eigenvalue weighted by Gasteiger charge is 2.38. The smallest absolute Gasteiger partial charge is 0.340 e. The van der Waals surface area contributed by atoms with Crippen molar-refractivity contribution in [3.63, 3.8) is 0 Å². The maximum Gasteiger partial charge on any atom is 0.340 e. The van der Waals surface area contributed by atoms with E-state index in [0.717, 1.165) is 72.5 Å². The van der Waals surface area contributed by atoms with Crippen molar-refractivity contribution in [1.29, 1.82) is 0 Å². The summed E-state index contributed by atoms with van der Waals surface area (Å²) in [6.07, 6.45) is 2.99. The van der Waals surface area contributed by atoms with Gasteiger partial charge in [-0.25, -0.2) is 9.18 Å². The Morgan fingerprint density at radius 1 is 1.13 bits per heavy atom. The van der Waals surface area contributed by atoms with Crippen LogP contribution in [0.3, 0.4) is 0 Å². The zero-order valence-electron chi connectivity index (χ0n) is 29.3. The number of esters is 1. The maximum atomic E-state index is 13.8. The molecule has 254 valence electrons. The molecule has 0 bridgehead atoms. The average molecular weight is 647 g/mol. The minimum atomic E-state index is -1.01. The van der Waals surface area contributed by atoms with E-state index in [2.05, 4.69) is 24.8 Å². The Bertz CT molecular complexity index is 1570. The van der Waals surface area contributed by atoms with Gasteiger partial charge in [0.15, 0.2) is 6.10 Å². The van der Waals surface area contributed by atoms with Crippen molar-refractivity contribution in [2.24, 2.45) is 5.41 Å². The van der Waals surface area contributed by atoms with Crippen molar-refractivity contribution in [1.82, 2.24) is 4.98 Å². The molecule has 8 heteroatoms. The Hall–Kier alpha value is -3.49. The van der Waals surface area contributed by atoms with Gasteiger partial charge in [-0.1, -0.05) is 32.0 Å². The number of anilines is 1. The minimum absolute atomic E-state index is 0.00556. The first-order valence-corrected chi connectivity index (χ1v) is 17.0. The summed E-state index contributed by atoms with van der Waals surface area (Å²) in [5.74, 6) is 0.133. The van der Waals surface area contributed by atoms with Crippen LogP contribution in [0.2, 0.25) is 0 Å². The number of aliphatic hydroxyl groups excluding tert-OH is 1. The molecule has 2 aromatic carbocycles. The Morgan fingerprint density at radius 3 is 2.43 bits per heavy atom. The Balaban J connectivity index is 1.62. The highest BCUT2D eigenvalue weighted by atomic mass is 19.1. The Kier molecular flexibility index (Phi) is 10.3. The van der Waals surface area contributed by atoms with E-state index < -0.39 is 17.7 Å². The second kappa shape index (κ2) is 13.9. The molecule has 1 saturated heterocycles. The molecule has 0 saturated carbocycles. The minimum Gasteiger partial charge on any atom is -0.490 e. The molecule has 2 aliphatic heterocycles. The number of ether oxygens (including phenoxy) is 3. The van der Waals surface area contributed by atoms with Gasteiger partial charge < -0.3 is 24.2 Å². The lowest BCUT2D eigenvalue weighted by atomic mass is 9.81. The quantitative estimate of drug-likeness (QED) is 0.236. The van der Waals surface area contributed by atoms with Gasteiger partial charge in [0.2, 0.25) is 0 Å². The van der Waals surface area contributed by atoms with Crippen LogP contribution in [-0.4, -0.2) is 47.0 Å². The number of carbonyl (C=O) groups is 1. The van der Waals surface area contributed by atoms with Gasteiger partial charge in [0.05, 0.1) is 29.7 Å². The largest absolute Gasteiger partial charge is 0.490 e. The SMILES string of the molecule is Cc1nc(CO)c(-c2ccc3c(c2)CCC(Cc2ccc(F)cc2)O3)c(N2CCC(C)(C)CC2)c1C(OC(C)(C)C)C(=O)OC(C)C. The lowest BCUT2D eigenvalue weighted by molar-refractivity contribution is -0.171. The van der Waals surface area contributed by atoms with Crippen LogP contribution in [0.4, 0.5) is 10.1 Å². The molecule has 3 aromatic rings. The summed E-state index contributed by atoms with van der Waals surface area (Å²) in [5.41, 5.74) is 6.15. The van der Waals surface area contributed by atoms with Crippen LogP contribution < -0.4 is 9.64 Å². The van der Waals surface area contributed by atoms with E-state index in [1.807, 2.05) is 65.8 Å². The van der Waals surface area contributed by atoms with E-state index in [9.17, 15) is 14.3 Å².